The van der Waals surface area contributed by atoms with Crippen molar-refractivity contribution >= 4 is 0 Å². The van der Waals surface area contributed by atoms with E-state index in [1.54, 1.807) is 7.11 Å². The van der Waals surface area contributed by atoms with Crippen molar-refractivity contribution in [1.29, 1.82) is 0 Å². The Labute approximate surface area is 101 Å². The van der Waals surface area contributed by atoms with Gasteiger partial charge in [-0.05, 0) is 18.9 Å². The lowest BCUT2D eigenvalue weighted by Gasteiger charge is -2.23. The molecule has 17 heavy (non-hydrogen) atoms. The Morgan fingerprint density at radius 2 is 2.47 bits per heavy atom. The second-order valence-electron chi connectivity index (χ2n) is 4.70. The molecule has 0 saturated carbocycles. The minimum absolute atomic E-state index is 0.212. The third-order valence-corrected chi connectivity index (χ3v) is 3.44. The van der Waals surface area contributed by atoms with Gasteiger partial charge < -0.3 is 14.4 Å². The molecule has 0 spiro atoms. The molecule has 2 rings (SSSR count). The van der Waals surface area contributed by atoms with Crippen LogP contribution in [0.5, 0.6) is 0 Å². The van der Waals surface area contributed by atoms with Crippen LogP contribution >= 0.6 is 0 Å². The summed E-state index contributed by atoms with van der Waals surface area (Å²) in [6.07, 6.45) is 1.13. The summed E-state index contributed by atoms with van der Waals surface area (Å²) in [6, 6.07) is 2.17. The molecule has 0 bridgehead atoms. The highest BCUT2D eigenvalue weighted by Gasteiger charge is 2.30. The average molecular weight is 240 g/mol. The monoisotopic (exact) mass is 240 g/mol. The van der Waals surface area contributed by atoms with E-state index in [9.17, 15) is 5.11 Å². The molecule has 0 aliphatic carbocycles. The second-order valence-corrected chi connectivity index (χ2v) is 4.70. The number of aliphatic hydroxyl groups is 1. The summed E-state index contributed by atoms with van der Waals surface area (Å²) in [4.78, 5) is 2.26. The van der Waals surface area contributed by atoms with E-state index in [4.69, 9.17) is 9.26 Å². The zero-order chi connectivity index (χ0) is 12.3. The third kappa shape index (κ3) is 2.86. The van der Waals surface area contributed by atoms with E-state index in [-0.39, 0.29) is 12.6 Å². The minimum atomic E-state index is 0.212. The summed E-state index contributed by atoms with van der Waals surface area (Å²) in [5, 5.41) is 13.4. The van der Waals surface area contributed by atoms with Crippen LogP contribution < -0.4 is 0 Å². The van der Waals surface area contributed by atoms with Gasteiger partial charge in [0.15, 0.2) is 5.76 Å². The number of hydrogen-bond donors (Lipinski definition) is 1. The van der Waals surface area contributed by atoms with Gasteiger partial charge in [0.1, 0.15) is 6.61 Å². The van der Waals surface area contributed by atoms with Crippen LogP contribution in [0.2, 0.25) is 0 Å². The Bertz CT molecular complexity index is 353. The third-order valence-electron chi connectivity index (χ3n) is 3.44. The molecule has 5 heteroatoms. The van der Waals surface area contributed by atoms with E-state index in [0.717, 1.165) is 31.0 Å². The first-order valence-electron chi connectivity index (χ1n) is 6.03. The quantitative estimate of drug-likeness (QED) is 0.832. The fraction of sp³-hybridized carbons (Fsp3) is 0.750. The molecule has 1 N–H and O–H groups in total. The summed E-state index contributed by atoms with van der Waals surface area (Å²) in [5.74, 6) is 1.29. The van der Waals surface area contributed by atoms with Gasteiger partial charge in [-0.2, -0.15) is 0 Å². The highest BCUT2D eigenvalue weighted by atomic mass is 16.5. The molecule has 1 saturated heterocycles. The lowest BCUT2D eigenvalue weighted by molar-refractivity contribution is 0.131. The van der Waals surface area contributed by atoms with Crippen molar-refractivity contribution in [3.05, 3.63) is 17.5 Å². The van der Waals surface area contributed by atoms with Crippen LogP contribution in [0.3, 0.4) is 0 Å². The fourth-order valence-electron chi connectivity index (χ4n) is 2.43. The van der Waals surface area contributed by atoms with Crippen LogP contribution in [-0.4, -0.2) is 41.5 Å². The Morgan fingerprint density at radius 3 is 3.18 bits per heavy atom. The second kappa shape index (κ2) is 5.62. The molecule has 0 amide bonds. The van der Waals surface area contributed by atoms with Crippen molar-refractivity contribution in [2.45, 2.75) is 32.5 Å². The Morgan fingerprint density at radius 1 is 1.65 bits per heavy atom. The molecular formula is C12H20N2O3. The van der Waals surface area contributed by atoms with E-state index in [2.05, 4.69) is 17.0 Å². The highest BCUT2D eigenvalue weighted by molar-refractivity contribution is 5.05. The number of ether oxygens (including phenoxy) is 1. The summed E-state index contributed by atoms with van der Waals surface area (Å²) < 4.78 is 10.1. The molecule has 1 aliphatic rings. The highest BCUT2D eigenvalue weighted by Crippen LogP contribution is 2.25. The summed E-state index contributed by atoms with van der Waals surface area (Å²) >= 11 is 0. The summed E-state index contributed by atoms with van der Waals surface area (Å²) in [7, 11) is 1.63. The van der Waals surface area contributed by atoms with Gasteiger partial charge in [0.2, 0.25) is 0 Å². The van der Waals surface area contributed by atoms with Gasteiger partial charge in [-0.3, -0.25) is 4.90 Å². The molecule has 1 aromatic rings. The fourth-order valence-corrected chi connectivity index (χ4v) is 2.43. The number of aromatic nitrogens is 1. The van der Waals surface area contributed by atoms with Gasteiger partial charge in [-0.25, -0.2) is 0 Å². The molecule has 2 heterocycles. The molecule has 2 unspecified atom stereocenters. The van der Waals surface area contributed by atoms with Crippen molar-refractivity contribution in [1.82, 2.24) is 10.1 Å². The van der Waals surface area contributed by atoms with Crippen LogP contribution in [0, 0.1) is 5.92 Å². The number of rotatable bonds is 5. The van der Waals surface area contributed by atoms with Gasteiger partial charge in [-0.15, -0.1) is 0 Å². The van der Waals surface area contributed by atoms with Crippen molar-refractivity contribution < 1.29 is 14.4 Å². The van der Waals surface area contributed by atoms with Crippen LogP contribution in [0.25, 0.3) is 0 Å². The first-order chi connectivity index (χ1) is 8.24. The van der Waals surface area contributed by atoms with Gasteiger partial charge in [0, 0.05) is 25.8 Å². The molecule has 2 atom stereocenters. The normalized spacial score (nSPS) is 25.6. The number of aliphatic hydroxyl groups excluding tert-OH is 1. The van der Waals surface area contributed by atoms with Crippen LogP contribution in [0.1, 0.15) is 24.8 Å². The summed E-state index contributed by atoms with van der Waals surface area (Å²) in [5.41, 5.74) is 0.907. The lowest BCUT2D eigenvalue weighted by Crippen LogP contribution is -2.34. The van der Waals surface area contributed by atoms with E-state index in [1.807, 2.05) is 6.07 Å². The standard InChI is InChI=1S/C12H20N2O3/c1-9-3-4-14(12(9)7-15)6-10-5-11(8-16-2)17-13-10/h5,9,12,15H,3-4,6-8H2,1-2H3. The molecule has 0 aromatic carbocycles. The molecule has 96 valence electrons. The average Bonchev–Trinajstić information content (AvgIpc) is 2.88. The Hall–Kier alpha value is -0.910. The van der Waals surface area contributed by atoms with Crippen molar-refractivity contribution in [3.8, 4) is 0 Å². The summed E-state index contributed by atoms with van der Waals surface area (Å²) in [6.45, 7) is 4.60. The maximum absolute atomic E-state index is 9.37. The number of likely N-dealkylation sites (tertiary alicyclic amines) is 1. The zero-order valence-corrected chi connectivity index (χ0v) is 10.4. The zero-order valence-electron chi connectivity index (χ0n) is 10.4. The maximum atomic E-state index is 9.37. The number of nitrogens with zero attached hydrogens (tertiary/aromatic N) is 2. The van der Waals surface area contributed by atoms with Crippen LogP contribution in [0.15, 0.2) is 10.6 Å². The predicted octanol–water partition coefficient (Wildman–Crippen LogP) is 1.02. The molecular weight excluding hydrogens is 220 g/mol. The van der Waals surface area contributed by atoms with Gasteiger partial charge >= 0.3 is 0 Å². The van der Waals surface area contributed by atoms with Crippen LogP contribution in [0.4, 0.5) is 0 Å². The van der Waals surface area contributed by atoms with Gasteiger partial charge in [0.25, 0.3) is 0 Å². The molecule has 1 aliphatic heterocycles. The first-order valence-corrected chi connectivity index (χ1v) is 6.03. The van der Waals surface area contributed by atoms with E-state index < -0.39 is 0 Å². The Kier molecular flexibility index (Phi) is 4.15. The number of methoxy groups -OCH3 is 1. The van der Waals surface area contributed by atoms with E-state index in [0.29, 0.717) is 12.5 Å². The largest absolute Gasteiger partial charge is 0.395 e. The Balaban J connectivity index is 1.95. The van der Waals surface area contributed by atoms with Gasteiger partial charge in [-0.1, -0.05) is 12.1 Å². The maximum Gasteiger partial charge on any atom is 0.162 e. The van der Waals surface area contributed by atoms with Crippen molar-refractivity contribution in [2.24, 2.45) is 5.92 Å². The predicted molar refractivity (Wildman–Crippen MR) is 62.3 cm³/mol. The smallest absolute Gasteiger partial charge is 0.162 e. The van der Waals surface area contributed by atoms with E-state index >= 15 is 0 Å². The molecule has 5 nitrogen and oxygen atoms in total. The minimum Gasteiger partial charge on any atom is -0.395 e. The molecule has 1 fully saturated rings. The van der Waals surface area contributed by atoms with Crippen LogP contribution in [-0.2, 0) is 17.9 Å². The molecule has 0 radical (unpaired) electrons. The lowest BCUT2D eigenvalue weighted by atomic mass is 10.0. The topological polar surface area (TPSA) is 58.7 Å². The molecule has 1 aromatic heterocycles. The first kappa shape index (κ1) is 12.5. The SMILES string of the molecule is COCc1cc(CN2CCC(C)C2CO)no1. The van der Waals surface area contributed by atoms with Gasteiger partial charge in [0.05, 0.1) is 12.3 Å². The van der Waals surface area contributed by atoms with Crippen molar-refractivity contribution in [2.75, 3.05) is 20.3 Å². The van der Waals surface area contributed by atoms with Crippen molar-refractivity contribution in [3.63, 3.8) is 0 Å². The number of hydrogen-bond acceptors (Lipinski definition) is 5. The van der Waals surface area contributed by atoms with E-state index in [1.165, 1.54) is 0 Å².